The van der Waals surface area contributed by atoms with E-state index in [0.717, 1.165) is 12.8 Å². The number of methoxy groups -OCH3 is 1. The highest BCUT2D eigenvalue weighted by Crippen LogP contribution is 2.30. The Morgan fingerprint density at radius 3 is 2.69 bits per heavy atom. The molecule has 32 heavy (non-hydrogen) atoms. The number of halogens is 1. The summed E-state index contributed by atoms with van der Waals surface area (Å²) in [6, 6.07) is 12.6. The first-order valence-corrected chi connectivity index (χ1v) is 10.9. The molecule has 0 spiro atoms. The molecule has 8 nitrogen and oxygen atoms in total. The first-order chi connectivity index (χ1) is 15.5. The molecule has 10 heteroatoms. The first kappa shape index (κ1) is 21.7. The molecule has 1 fully saturated rings. The molecule has 3 aromatic rings. The second-order valence-corrected chi connectivity index (χ2v) is 8.37. The Morgan fingerprint density at radius 2 is 1.91 bits per heavy atom. The third-order valence-corrected chi connectivity index (χ3v) is 6.18. The van der Waals surface area contributed by atoms with Gasteiger partial charge in [0.25, 0.3) is 5.91 Å². The van der Waals surface area contributed by atoms with Crippen molar-refractivity contribution in [1.82, 2.24) is 15.1 Å². The maximum absolute atomic E-state index is 13.3. The molecule has 1 atom stereocenters. The van der Waals surface area contributed by atoms with Crippen LogP contribution in [-0.4, -0.2) is 47.2 Å². The summed E-state index contributed by atoms with van der Waals surface area (Å²) in [5, 5.41) is 14.6. The number of rotatable bonds is 5. The largest absolute Gasteiger partial charge is 0.497 e. The molecular weight excluding hydrogens is 433 g/mol. The van der Waals surface area contributed by atoms with Gasteiger partial charge in [0.15, 0.2) is 0 Å². The number of hydrogen-bond acceptors (Lipinski definition) is 6. The van der Waals surface area contributed by atoms with Crippen molar-refractivity contribution in [2.45, 2.75) is 18.8 Å². The van der Waals surface area contributed by atoms with Gasteiger partial charge in [-0.1, -0.05) is 23.5 Å². The van der Waals surface area contributed by atoms with Crippen molar-refractivity contribution >= 4 is 34.6 Å². The summed E-state index contributed by atoms with van der Waals surface area (Å²) in [7, 11) is 1.57. The lowest BCUT2D eigenvalue weighted by molar-refractivity contribution is 0.102. The Bertz CT molecular complexity index is 1120. The molecule has 166 valence electrons. The van der Waals surface area contributed by atoms with Gasteiger partial charge in [0, 0.05) is 36.4 Å². The van der Waals surface area contributed by atoms with Crippen LogP contribution < -0.4 is 15.4 Å². The standard InChI is InChI=1S/C22H22FN5O3S/c1-31-18-9-3-8-17(12-18)25-22(30)28-10-4-5-14(13-28)20-26-27-21(32-20)19(29)24-16-7-2-6-15(23)11-16/h2-3,6-9,11-12,14H,4-5,10,13H2,1H3,(H,24,29)(H,25,30)/t14-/m0/s1. The molecule has 0 bridgehead atoms. The Balaban J connectivity index is 1.38. The van der Waals surface area contributed by atoms with Crippen LogP contribution in [0.2, 0.25) is 0 Å². The number of piperidine rings is 1. The Morgan fingerprint density at radius 1 is 1.12 bits per heavy atom. The van der Waals surface area contributed by atoms with Gasteiger partial charge in [0.2, 0.25) is 5.01 Å². The summed E-state index contributed by atoms with van der Waals surface area (Å²) >= 11 is 1.19. The number of anilines is 2. The van der Waals surface area contributed by atoms with E-state index in [4.69, 9.17) is 4.74 Å². The normalized spacial score (nSPS) is 15.8. The number of urea groups is 1. The lowest BCUT2D eigenvalue weighted by atomic mass is 9.99. The van der Waals surface area contributed by atoms with Crippen LogP contribution in [-0.2, 0) is 0 Å². The van der Waals surface area contributed by atoms with Crippen molar-refractivity contribution in [2.24, 2.45) is 0 Å². The number of benzene rings is 2. The third kappa shape index (κ3) is 5.20. The summed E-state index contributed by atoms with van der Waals surface area (Å²) in [5.74, 6) is -0.219. The number of nitrogens with zero attached hydrogens (tertiary/aromatic N) is 3. The fourth-order valence-electron chi connectivity index (χ4n) is 3.51. The highest BCUT2D eigenvalue weighted by molar-refractivity contribution is 7.13. The molecular formula is C22H22FN5O3S. The SMILES string of the molecule is COc1cccc(NC(=O)N2CCC[C@H](c3nnc(C(=O)Nc4cccc(F)c4)s3)C2)c1. The van der Waals surface area contributed by atoms with E-state index in [0.29, 0.717) is 35.2 Å². The van der Waals surface area contributed by atoms with Crippen molar-refractivity contribution in [2.75, 3.05) is 30.8 Å². The van der Waals surface area contributed by atoms with Gasteiger partial charge < -0.3 is 20.3 Å². The smallest absolute Gasteiger partial charge is 0.321 e. The van der Waals surface area contributed by atoms with Crippen molar-refractivity contribution in [3.63, 3.8) is 0 Å². The summed E-state index contributed by atoms with van der Waals surface area (Å²) < 4.78 is 18.5. The van der Waals surface area contributed by atoms with E-state index < -0.39 is 11.7 Å². The third-order valence-electron chi connectivity index (χ3n) is 5.10. The maximum Gasteiger partial charge on any atom is 0.321 e. The maximum atomic E-state index is 13.3. The second kappa shape index (κ2) is 9.73. The summed E-state index contributed by atoms with van der Waals surface area (Å²) in [6.07, 6.45) is 1.67. The molecule has 0 radical (unpaired) electrons. The highest BCUT2D eigenvalue weighted by atomic mass is 32.1. The van der Waals surface area contributed by atoms with Crippen LogP contribution in [0.1, 0.15) is 33.6 Å². The zero-order chi connectivity index (χ0) is 22.5. The van der Waals surface area contributed by atoms with Crippen LogP contribution in [0, 0.1) is 5.82 Å². The number of carbonyl (C=O) groups excluding carboxylic acids is 2. The molecule has 0 aliphatic carbocycles. The Kier molecular flexibility index (Phi) is 6.60. The van der Waals surface area contributed by atoms with Gasteiger partial charge in [-0.15, -0.1) is 10.2 Å². The summed E-state index contributed by atoms with van der Waals surface area (Å²) in [6.45, 7) is 1.12. The van der Waals surface area contributed by atoms with Crippen LogP contribution in [0.3, 0.4) is 0 Å². The number of ether oxygens (including phenoxy) is 1. The highest BCUT2D eigenvalue weighted by Gasteiger charge is 2.28. The lowest BCUT2D eigenvalue weighted by Gasteiger charge is -2.31. The minimum atomic E-state index is -0.442. The summed E-state index contributed by atoms with van der Waals surface area (Å²) in [5.41, 5.74) is 1.01. The second-order valence-electron chi connectivity index (χ2n) is 7.36. The van der Waals surface area contributed by atoms with Crippen LogP contribution in [0.4, 0.5) is 20.6 Å². The van der Waals surface area contributed by atoms with Gasteiger partial charge in [-0.2, -0.15) is 0 Å². The predicted molar refractivity (Wildman–Crippen MR) is 120 cm³/mol. The topological polar surface area (TPSA) is 96.4 Å². The zero-order valence-corrected chi connectivity index (χ0v) is 18.2. The Labute approximate surface area is 188 Å². The number of carbonyl (C=O) groups is 2. The molecule has 1 aromatic heterocycles. The number of aromatic nitrogens is 2. The zero-order valence-electron chi connectivity index (χ0n) is 17.4. The van der Waals surface area contributed by atoms with E-state index in [1.165, 1.54) is 29.5 Å². The molecule has 1 saturated heterocycles. The summed E-state index contributed by atoms with van der Waals surface area (Å²) in [4.78, 5) is 26.9. The molecule has 2 N–H and O–H groups in total. The molecule has 1 aliphatic heterocycles. The number of hydrogen-bond donors (Lipinski definition) is 2. The lowest BCUT2D eigenvalue weighted by Crippen LogP contribution is -2.41. The Hall–Kier alpha value is -3.53. The monoisotopic (exact) mass is 455 g/mol. The van der Waals surface area contributed by atoms with E-state index in [1.54, 1.807) is 30.2 Å². The average molecular weight is 456 g/mol. The van der Waals surface area contributed by atoms with Gasteiger partial charge in [0.05, 0.1) is 7.11 Å². The number of nitrogens with one attached hydrogen (secondary N) is 2. The molecule has 2 aromatic carbocycles. The van der Waals surface area contributed by atoms with E-state index >= 15 is 0 Å². The number of amides is 3. The van der Waals surface area contributed by atoms with E-state index in [-0.39, 0.29) is 17.0 Å². The van der Waals surface area contributed by atoms with Crippen LogP contribution in [0.15, 0.2) is 48.5 Å². The molecule has 2 heterocycles. The van der Waals surface area contributed by atoms with Crippen molar-refractivity contribution < 1.29 is 18.7 Å². The van der Waals surface area contributed by atoms with Crippen LogP contribution in [0.25, 0.3) is 0 Å². The van der Waals surface area contributed by atoms with Crippen LogP contribution >= 0.6 is 11.3 Å². The number of likely N-dealkylation sites (tertiary alicyclic amines) is 1. The molecule has 3 amide bonds. The molecule has 4 rings (SSSR count). The van der Waals surface area contributed by atoms with Crippen molar-refractivity contribution in [1.29, 1.82) is 0 Å². The minimum Gasteiger partial charge on any atom is -0.497 e. The van der Waals surface area contributed by atoms with E-state index in [9.17, 15) is 14.0 Å². The van der Waals surface area contributed by atoms with Crippen LogP contribution in [0.5, 0.6) is 5.75 Å². The van der Waals surface area contributed by atoms with Gasteiger partial charge >= 0.3 is 6.03 Å². The van der Waals surface area contributed by atoms with E-state index in [1.807, 2.05) is 12.1 Å². The predicted octanol–water partition coefficient (Wildman–Crippen LogP) is 4.35. The quantitative estimate of drug-likeness (QED) is 0.596. The van der Waals surface area contributed by atoms with Gasteiger partial charge in [-0.05, 0) is 43.2 Å². The van der Waals surface area contributed by atoms with Gasteiger partial charge in [-0.3, -0.25) is 4.79 Å². The molecule has 1 aliphatic rings. The molecule has 0 unspecified atom stereocenters. The van der Waals surface area contributed by atoms with Gasteiger partial charge in [-0.25, -0.2) is 9.18 Å². The van der Waals surface area contributed by atoms with E-state index in [2.05, 4.69) is 20.8 Å². The van der Waals surface area contributed by atoms with Gasteiger partial charge in [0.1, 0.15) is 16.6 Å². The fraction of sp³-hybridized carbons (Fsp3) is 0.273. The van der Waals surface area contributed by atoms with Crippen molar-refractivity contribution in [3.8, 4) is 5.75 Å². The van der Waals surface area contributed by atoms with Crippen molar-refractivity contribution in [3.05, 3.63) is 64.4 Å². The minimum absolute atomic E-state index is 0.00645. The average Bonchev–Trinajstić information content (AvgIpc) is 3.30. The molecule has 0 saturated carbocycles. The first-order valence-electron chi connectivity index (χ1n) is 10.1. The fourth-order valence-corrected chi connectivity index (χ4v) is 4.37.